The quantitative estimate of drug-likeness (QED) is 0.773. The van der Waals surface area contributed by atoms with Crippen molar-refractivity contribution in [1.29, 1.82) is 0 Å². The van der Waals surface area contributed by atoms with E-state index in [0.717, 1.165) is 5.56 Å². The molecule has 2 N–H and O–H groups in total. The van der Waals surface area contributed by atoms with Gasteiger partial charge >= 0.3 is 6.09 Å². The molecule has 8 heteroatoms. The standard InChI is InChI=1S/C22H28ClN3O4/c1-22(2,3)18-12-24-9-11-26(18)21(29)30-14-16-8-10-25(20(28)19(16)27)13-15-4-6-17(23)7-5-15/h4-8,10,18,24,27H,9,11-14H2,1-3H3. The molecule has 1 aliphatic heterocycles. The molecule has 0 spiro atoms. The van der Waals surface area contributed by atoms with Crippen molar-refractivity contribution in [2.24, 2.45) is 5.41 Å². The molecule has 2 aromatic rings. The Morgan fingerprint density at radius 3 is 2.63 bits per heavy atom. The van der Waals surface area contributed by atoms with E-state index >= 15 is 0 Å². The van der Waals surface area contributed by atoms with Gasteiger partial charge in [0, 0.05) is 36.4 Å². The van der Waals surface area contributed by atoms with Crippen LogP contribution in [0.25, 0.3) is 0 Å². The van der Waals surface area contributed by atoms with Gasteiger partial charge in [0.05, 0.1) is 12.6 Å². The molecule has 0 saturated carbocycles. The molecule has 1 aromatic carbocycles. The van der Waals surface area contributed by atoms with E-state index in [4.69, 9.17) is 16.3 Å². The maximum absolute atomic E-state index is 12.7. The van der Waals surface area contributed by atoms with Crippen LogP contribution in [-0.4, -0.2) is 46.3 Å². The summed E-state index contributed by atoms with van der Waals surface area (Å²) in [4.78, 5) is 26.9. The third kappa shape index (κ3) is 5.15. The smallest absolute Gasteiger partial charge is 0.410 e. The summed E-state index contributed by atoms with van der Waals surface area (Å²) in [5.41, 5.74) is 0.528. The van der Waals surface area contributed by atoms with Crippen LogP contribution in [-0.2, 0) is 17.9 Å². The SMILES string of the molecule is CC(C)(C)C1CNCCN1C(=O)OCc1ccn(Cc2ccc(Cl)cc2)c(=O)c1O. The fourth-order valence-corrected chi connectivity index (χ4v) is 3.67. The number of piperazine rings is 1. The van der Waals surface area contributed by atoms with Crippen LogP contribution in [0.1, 0.15) is 31.9 Å². The third-order valence-electron chi connectivity index (χ3n) is 5.32. The van der Waals surface area contributed by atoms with E-state index in [2.05, 4.69) is 26.1 Å². The number of nitrogens with one attached hydrogen (secondary N) is 1. The lowest BCUT2D eigenvalue weighted by Gasteiger charge is -2.42. The Kier molecular flexibility index (Phi) is 6.73. The molecule has 1 aliphatic rings. The second kappa shape index (κ2) is 9.10. The number of rotatable bonds is 4. The van der Waals surface area contributed by atoms with Crippen LogP contribution >= 0.6 is 11.6 Å². The zero-order valence-electron chi connectivity index (χ0n) is 17.5. The van der Waals surface area contributed by atoms with Gasteiger partial charge in [0.15, 0.2) is 5.75 Å². The number of carbonyl (C=O) groups is 1. The van der Waals surface area contributed by atoms with Gasteiger partial charge in [-0.2, -0.15) is 0 Å². The maximum Gasteiger partial charge on any atom is 0.410 e. The number of aromatic nitrogens is 1. The van der Waals surface area contributed by atoms with Crippen molar-refractivity contribution < 1.29 is 14.6 Å². The van der Waals surface area contributed by atoms with E-state index in [9.17, 15) is 14.7 Å². The summed E-state index contributed by atoms with van der Waals surface area (Å²) in [6.45, 7) is 8.33. The third-order valence-corrected chi connectivity index (χ3v) is 5.57. The highest BCUT2D eigenvalue weighted by molar-refractivity contribution is 6.30. The van der Waals surface area contributed by atoms with Gasteiger partial charge in [-0.15, -0.1) is 0 Å². The molecule has 1 unspecified atom stereocenters. The zero-order valence-corrected chi connectivity index (χ0v) is 18.3. The van der Waals surface area contributed by atoms with Crippen LogP contribution in [0.5, 0.6) is 5.75 Å². The Balaban J connectivity index is 1.68. The molecule has 1 aromatic heterocycles. The second-order valence-electron chi connectivity index (χ2n) is 8.58. The van der Waals surface area contributed by atoms with Gasteiger partial charge in [0.2, 0.25) is 0 Å². The Labute approximate surface area is 181 Å². The Morgan fingerprint density at radius 2 is 1.97 bits per heavy atom. The molecule has 0 bridgehead atoms. The lowest BCUT2D eigenvalue weighted by molar-refractivity contribution is 0.0408. The highest BCUT2D eigenvalue weighted by atomic mass is 35.5. The van der Waals surface area contributed by atoms with E-state index in [1.807, 2.05) is 12.1 Å². The molecule has 30 heavy (non-hydrogen) atoms. The highest BCUT2D eigenvalue weighted by Crippen LogP contribution is 2.26. The minimum atomic E-state index is -0.534. The topological polar surface area (TPSA) is 83.8 Å². The first-order valence-electron chi connectivity index (χ1n) is 9.96. The summed E-state index contributed by atoms with van der Waals surface area (Å²) >= 11 is 5.89. The largest absolute Gasteiger partial charge is 0.503 e. The lowest BCUT2D eigenvalue weighted by Crippen LogP contribution is -2.58. The molecule has 1 fully saturated rings. The molecule has 0 aliphatic carbocycles. The molecule has 1 saturated heterocycles. The van der Waals surface area contributed by atoms with E-state index in [1.54, 1.807) is 29.3 Å². The minimum absolute atomic E-state index is 0.000256. The number of nitrogens with zero attached hydrogens (tertiary/aromatic N) is 2. The van der Waals surface area contributed by atoms with Crippen LogP contribution in [0.3, 0.4) is 0 Å². The molecular formula is C22H28ClN3O4. The highest BCUT2D eigenvalue weighted by Gasteiger charge is 2.36. The zero-order chi connectivity index (χ0) is 21.9. The van der Waals surface area contributed by atoms with Crippen LogP contribution in [0, 0.1) is 5.41 Å². The van der Waals surface area contributed by atoms with Crippen molar-refractivity contribution in [1.82, 2.24) is 14.8 Å². The number of amides is 1. The average Bonchev–Trinajstić information content (AvgIpc) is 2.71. The number of hydrogen-bond donors (Lipinski definition) is 2. The van der Waals surface area contributed by atoms with E-state index < -0.39 is 17.4 Å². The van der Waals surface area contributed by atoms with Crippen molar-refractivity contribution in [3.8, 4) is 5.75 Å². The maximum atomic E-state index is 12.7. The second-order valence-corrected chi connectivity index (χ2v) is 9.02. The monoisotopic (exact) mass is 433 g/mol. The van der Waals surface area contributed by atoms with E-state index in [1.165, 1.54) is 4.57 Å². The summed E-state index contributed by atoms with van der Waals surface area (Å²) < 4.78 is 6.84. The Hall–Kier alpha value is -2.51. The van der Waals surface area contributed by atoms with Crippen LogP contribution in [0.15, 0.2) is 41.3 Å². The molecule has 2 heterocycles. The molecule has 162 valence electrons. The first kappa shape index (κ1) is 22.2. The molecule has 0 radical (unpaired) electrons. The van der Waals surface area contributed by atoms with Gasteiger partial charge < -0.3 is 24.6 Å². The summed E-state index contributed by atoms with van der Waals surface area (Å²) in [5, 5.41) is 14.3. The van der Waals surface area contributed by atoms with E-state index in [0.29, 0.717) is 31.2 Å². The lowest BCUT2D eigenvalue weighted by atomic mass is 9.85. The summed E-state index contributed by atoms with van der Waals surface area (Å²) in [6.07, 6.45) is 1.14. The summed E-state index contributed by atoms with van der Waals surface area (Å²) in [6, 6.07) is 8.73. The van der Waals surface area contributed by atoms with E-state index in [-0.39, 0.29) is 23.6 Å². The van der Waals surface area contributed by atoms with Gasteiger partial charge in [-0.1, -0.05) is 44.5 Å². The van der Waals surface area contributed by atoms with Crippen LogP contribution in [0.2, 0.25) is 5.02 Å². The Bertz CT molecular complexity index is 950. The fraction of sp³-hybridized carbons (Fsp3) is 0.455. The van der Waals surface area contributed by atoms with Crippen LogP contribution in [0.4, 0.5) is 4.79 Å². The number of ether oxygens (including phenoxy) is 1. The van der Waals surface area contributed by atoms with Crippen molar-refractivity contribution in [3.05, 3.63) is 63.0 Å². The predicted octanol–water partition coefficient (Wildman–Crippen LogP) is 3.21. The number of benzene rings is 1. The van der Waals surface area contributed by atoms with Crippen molar-refractivity contribution in [2.45, 2.75) is 40.0 Å². The first-order valence-corrected chi connectivity index (χ1v) is 10.3. The average molecular weight is 434 g/mol. The van der Waals surface area contributed by atoms with Gasteiger partial charge in [-0.05, 0) is 29.2 Å². The summed E-state index contributed by atoms with van der Waals surface area (Å²) in [7, 11) is 0. The molecule has 3 rings (SSSR count). The van der Waals surface area contributed by atoms with Gasteiger partial charge in [0.1, 0.15) is 6.61 Å². The van der Waals surface area contributed by atoms with Gasteiger partial charge in [-0.25, -0.2) is 4.79 Å². The summed E-state index contributed by atoms with van der Waals surface area (Å²) in [5.74, 6) is -0.410. The fourth-order valence-electron chi connectivity index (χ4n) is 3.55. The molecular weight excluding hydrogens is 406 g/mol. The number of aromatic hydroxyl groups is 1. The van der Waals surface area contributed by atoms with Gasteiger partial charge in [0.25, 0.3) is 5.56 Å². The number of hydrogen-bond acceptors (Lipinski definition) is 5. The van der Waals surface area contributed by atoms with Gasteiger partial charge in [-0.3, -0.25) is 4.79 Å². The van der Waals surface area contributed by atoms with Crippen molar-refractivity contribution in [3.63, 3.8) is 0 Å². The normalized spacial score (nSPS) is 17.1. The van der Waals surface area contributed by atoms with Crippen molar-refractivity contribution in [2.75, 3.05) is 19.6 Å². The number of pyridine rings is 1. The Morgan fingerprint density at radius 1 is 1.27 bits per heavy atom. The number of carbonyl (C=O) groups excluding carboxylic acids is 1. The molecule has 7 nitrogen and oxygen atoms in total. The number of halogens is 1. The van der Waals surface area contributed by atoms with Crippen LogP contribution < -0.4 is 10.9 Å². The first-order chi connectivity index (χ1) is 14.2. The molecule has 1 amide bonds. The van der Waals surface area contributed by atoms with Crippen molar-refractivity contribution >= 4 is 17.7 Å². The predicted molar refractivity (Wildman–Crippen MR) is 116 cm³/mol. The minimum Gasteiger partial charge on any atom is -0.503 e. The molecule has 1 atom stereocenters.